The Hall–Kier alpha value is -2.40. The van der Waals surface area contributed by atoms with Gasteiger partial charge in [-0.15, -0.1) is 0 Å². The van der Waals surface area contributed by atoms with Gasteiger partial charge >= 0.3 is 0 Å². The Morgan fingerprint density at radius 3 is 2.53 bits per heavy atom. The fourth-order valence-electron chi connectivity index (χ4n) is 5.50. The first kappa shape index (κ1) is 23.3. The lowest BCUT2D eigenvalue weighted by molar-refractivity contribution is -0.0654. The topological polar surface area (TPSA) is 52.6 Å². The minimum atomic E-state index is -0.683. The lowest BCUT2D eigenvalue weighted by Gasteiger charge is -2.45. The van der Waals surface area contributed by atoms with Gasteiger partial charge in [-0.3, -0.25) is 9.69 Å². The van der Waals surface area contributed by atoms with Gasteiger partial charge in [-0.2, -0.15) is 0 Å². The summed E-state index contributed by atoms with van der Waals surface area (Å²) in [5.74, 6) is 0.503. The smallest absolute Gasteiger partial charge is 0.251 e. The molecule has 0 bridgehead atoms. The van der Waals surface area contributed by atoms with Crippen LogP contribution in [0.5, 0.6) is 0 Å². The molecule has 0 saturated heterocycles. The second-order valence-corrected chi connectivity index (χ2v) is 10.5. The molecule has 0 aliphatic heterocycles. The Bertz CT molecular complexity index is 1160. The largest absolute Gasteiger partial charge is 0.390 e. The average Bonchev–Trinajstić information content (AvgIpc) is 3.61. The van der Waals surface area contributed by atoms with Crippen molar-refractivity contribution in [1.82, 2.24) is 10.2 Å². The van der Waals surface area contributed by atoms with Crippen molar-refractivity contribution in [2.75, 3.05) is 13.1 Å². The van der Waals surface area contributed by atoms with E-state index >= 15 is 0 Å². The minimum Gasteiger partial charge on any atom is -0.390 e. The van der Waals surface area contributed by atoms with Gasteiger partial charge < -0.3 is 10.4 Å². The number of hydrogen-bond acceptors (Lipinski definition) is 3. The third kappa shape index (κ3) is 5.14. The Labute approximate surface area is 206 Å². The molecule has 5 heteroatoms. The van der Waals surface area contributed by atoms with Crippen molar-refractivity contribution >= 4 is 28.3 Å². The van der Waals surface area contributed by atoms with E-state index in [0.717, 1.165) is 41.7 Å². The molecule has 1 amide bonds. The summed E-state index contributed by atoms with van der Waals surface area (Å²) in [6.07, 6.45) is 4.27. The monoisotopic (exact) mass is 476 g/mol. The summed E-state index contributed by atoms with van der Waals surface area (Å²) in [6.45, 7) is 4.15. The number of nitrogens with zero attached hydrogens (tertiary/aromatic N) is 1. The van der Waals surface area contributed by atoms with E-state index in [9.17, 15) is 9.90 Å². The van der Waals surface area contributed by atoms with Crippen LogP contribution in [0.2, 0.25) is 5.02 Å². The van der Waals surface area contributed by atoms with E-state index in [-0.39, 0.29) is 11.9 Å². The molecule has 4 nitrogen and oxygen atoms in total. The lowest BCUT2D eigenvalue weighted by atomic mass is 9.73. The first-order valence-corrected chi connectivity index (χ1v) is 12.8. The lowest BCUT2D eigenvalue weighted by Crippen LogP contribution is -2.56. The second-order valence-electron chi connectivity index (χ2n) is 10.1. The van der Waals surface area contributed by atoms with Gasteiger partial charge in [-0.25, -0.2) is 0 Å². The summed E-state index contributed by atoms with van der Waals surface area (Å²) in [4.78, 5) is 15.3. The van der Waals surface area contributed by atoms with Crippen molar-refractivity contribution in [3.8, 4) is 0 Å². The number of halogens is 1. The van der Waals surface area contributed by atoms with E-state index in [1.165, 1.54) is 12.0 Å². The maximum absolute atomic E-state index is 12.7. The Kier molecular flexibility index (Phi) is 6.65. The van der Waals surface area contributed by atoms with E-state index in [1.54, 1.807) is 0 Å². The standard InChI is InChI=1S/C29H33ClN2O2/c1-2-14-32(27-17-26(27)21-9-11-24(30)12-10-21)15-13-29(34)18-25(19-29)31-28(33)23-8-7-20-5-3-4-6-22(20)16-23/h3-12,16,25-27,34H,2,13-15,17-19H2,1H3,(H,31,33)/t25?,26-,27+,29?/m1/s1. The van der Waals surface area contributed by atoms with Gasteiger partial charge in [0, 0.05) is 35.1 Å². The first-order valence-electron chi connectivity index (χ1n) is 12.5. The predicted octanol–water partition coefficient (Wildman–Crippen LogP) is 5.77. The van der Waals surface area contributed by atoms with Gasteiger partial charge in [-0.1, -0.05) is 61.0 Å². The van der Waals surface area contributed by atoms with Gasteiger partial charge in [0.25, 0.3) is 5.91 Å². The van der Waals surface area contributed by atoms with Crippen molar-refractivity contribution in [2.24, 2.45) is 0 Å². The van der Waals surface area contributed by atoms with E-state index < -0.39 is 5.60 Å². The van der Waals surface area contributed by atoms with Crippen molar-refractivity contribution in [3.05, 3.63) is 82.9 Å². The fourth-order valence-corrected chi connectivity index (χ4v) is 5.62. The summed E-state index contributed by atoms with van der Waals surface area (Å²) < 4.78 is 0. The first-order chi connectivity index (χ1) is 16.4. The zero-order chi connectivity index (χ0) is 23.7. The summed E-state index contributed by atoms with van der Waals surface area (Å²) in [6, 6.07) is 22.6. The van der Waals surface area contributed by atoms with E-state index in [0.29, 0.717) is 30.4 Å². The van der Waals surface area contributed by atoms with Gasteiger partial charge in [0.1, 0.15) is 0 Å². The molecular formula is C29H33ClN2O2. The summed E-state index contributed by atoms with van der Waals surface area (Å²) in [5.41, 5.74) is 1.34. The molecule has 2 aliphatic rings. The SMILES string of the molecule is CCCN(CCC1(O)CC(NC(=O)c2ccc3ccccc3c2)C1)[C@H]1C[C@@H]1c1ccc(Cl)cc1. The Morgan fingerprint density at radius 2 is 1.79 bits per heavy atom. The Morgan fingerprint density at radius 1 is 1.06 bits per heavy atom. The van der Waals surface area contributed by atoms with Gasteiger partial charge in [0.05, 0.1) is 5.60 Å². The molecule has 5 rings (SSSR count). The van der Waals surface area contributed by atoms with Crippen LogP contribution in [0.3, 0.4) is 0 Å². The van der Waals surface area contributed by atoms with Crippen LogP contribution in [0.25, 0.3) is 10.8 Å². The predicted molar refractivity (Wildman–Crippen MR) is 138 cm³/mol. The molecule has 2 aliphatic carbocycles. The van der Waals surface area contributed by atoms with Crippen LogP contribution in [0.1, 0.15) is 60.9 Å². The molecule has 3 aromatic carbocycles. The van der Waals surface area contributed by atoms with Crippen LogP contribution in [0, 0.1) is 0 Å². The zero-order valence-electron chi connectivity index (χ0n) is 19.7. The van der Waals surface area contributed by atoms with Crippen molar-refractivity contribution in [2.45, 2.75) is 62.6 Å². The third-order valence-corrected chi connectivity index (χ3v) is 7.75. The number of hydrogen-bond donors (Lipinski definition) is 2. The molecule has 0 radical (unpaired) electrons. The number of fused-ring (bicyclic) bond motifs is 1. The number of carbonyl (C=O) groups is 1. The molecule has 0 aromatic heterocycles. The van der Waals surface area contributed by atoms with Crippen molar-refractivity contribution in [1.29, 1.82) is 0 Å². The van der Waals surface area contributed by atoms with Gasteiger partial charge in [0.2, 0.25) is 0 Å². The van der Waals surface area contributed by atoms with E-state index in [2.05, 4.69) is 29.3 Å². The van der Waals surface area contributed by atoms with E-state index in [1.807, 2.05) is 54.6 Å². The van der Waals surface area contributed by atoms with E-state index in [4.69, 9.17) is 11.6 Å². The zero-order valence-corrected chi connectivity index (χ0v) is 20.5. The van der Waals surface area contributed by atoms with Crippen LogP contribution < -0.4 is 5.32 Å². The van der Waals surface area contributed by atoms with Crippen molar-refractivity contribution < 1.29 is 9.90 Å². The number of benzene rings is 3. The summed E-state index contributed by atoms with van der Waals surface area (Å²) >= 11 is 6.04. The number of carbonyl (C=O) groups excluding carboxylic acids is 1. The number of nitrogens with one attached hydrogen (secondary N) is 1. The second kappa shape index (κ2) is 9.69. The highest BCUT2D eigenvalue weighted by atomic mass is 35.5. The maximum atomic E-state index is 12.7. The molecule has 2 saturated carbocycles. The molecule has 2 atom stereocenters. The molecule has 178 valence electrons. The number of aliphatic hydroxyl groups is 1. The molecule has 2 fully saturated rings. The minimum absolute atomic E-state index is 0.0336. The van der Waals surface area contributed by atoms with Gasteiger partial charge in [0.15, 0.2) is 0 Å². The number of rotatable bonds is 9. The van der Waals surface area contributed by atoms with Crippen LogP contribution in [0.4, 0.5) is 0 Å². The molecule has 0 heterocycles. The van der Waals surface area contributed by atoms with Crippen LogP contribution in [0.15, 0.2) is 66.7 Å². The van der Waals surface area contributed by atoms with Crippen molar-refractivity contribution in [3.63, 3.8) is 0 Å². The quantitative estimate of drug-likeness (QED) is 0.412. The molecule has 2 N–H and O–H groups in total. The van der Waals surface area contributed by atoms with Crippen LogP contribution in [-0.2, 0) is 0 Å². The molecule has 0 spiro atoms. The van der Waals surface area contributed by atoms with Crippen LogP contribution >= 0.6 is 11.6 Å². The Balaban J connectivity index is 1.11. The molecular weight excluding hydrogens is 444 g/mol. The normalized spacial score (nSPS) is 25.8. The molecule has 3 aromatic rings. The maximum Gasteiger partial charge on any atom is 0.251 e. The summed E-state index contributed by atoms with van der Waals surface area (Å²) in [7, 11) is 0. The third-order valence-electron chi connectivity index (χ3n) is 7.50. The molecule has 0 unspecified atom stereocenters. The van der Waals surface area contributed by atoms with Crippen LogP contribution in [-0.4, -0.2) is 46.7 Å². The average molecular weight is 477 g/mol. The highest BCUT2D eigenvalue weighted by Crippen LogP contribution is 2.46. The summed E-state index contributed by atoms with van der Waals surface area (Å²) in [5, 5.41) is 17.1. The fraction of sp³-hybridized carbons (Fsp3) is 0.414. The van der Waals surface area contributed by atoms with Gasteiger partial charge in [-0.05, 0) is 79.3 Å². The highest BCUT2D eigenvalue weighted by molar-refractivity contribution is 6.30. The number of amides is 1. The highest BCUT2D eigenvalue weighted by Gasteiger charge is 2.46. The molecule has 34 heavy (non-hydrogen) atoms.